The lowest BCUT2D eigenvalue weighted by atomic mass is 10.3. The minimum Gasteiger partial charge on any atom is -0.483 e. The monoisotopic (exact) mass is 216 g/mol. The van der Waals surface area contributed by atoms with Crippen molar-refractivity contribution in [1.29, 1.82) is 0 Å². The van der Waals surface area contributed by atoms with Crippen LogP contribution in [0.4, 0.5) is 5.82 Å². The van der Waals surface area contributed by atoms with Crippen molar-refractivity contribution >= 4 is 5.82 Å². The van der Waals surface area contributed by atoms with Gasteiger partial charge in [0.2, 0.25) is 0 Å². The SMILES string of the molecule is Cc1ncc(OCc2ccncc2)c(N)n1. The summed E-state index contributed by atoms with van der Waals surface area (Å²) >= 11 is 0. The van der Waals surface area contributed by atoms with Gasteiger partial charge in [0.1, 0.15) is 12.4 Å². The van der Waals surface area contributed by atoms with E-state index in [9.17, 15) is 0 Å². The summed E-state index contributed by atoms with van der Waals surface area (Å²) in [6, 6.07) is 3.76. The zero-order valence-electron chi connectivity index (χ0n) is 8.92. The molecular formula is C11H12N4O. The smallest absolute Gasteiger partial charge is 0.180 e. The largest absolute Gasteiger partial charge is 0.483 e. The predicted octanol–water partition coefficient (Wildman–Crippen LogP) is 1.34. The van der Waals surface area contributed by atoms with E-state index in [0.717, 1.165) is 5.56 Å². The molecule has 16 heavy (non-hydrogen) atoms. The van der Waals surface area contributed by atoms with Crippen LogP contribution in [0, 0.1) is 6.92 Å². The molecule has 2 rings (SSSR count). The van der Waals surface area contributed by atoms with Gasteiger partial charge in [-0.25, -0.2) is 9.97 Å². The highest BCUT2D eigenvalue weighted by atomic mass is 16.5. The number of nitrogen functional groups attached to an aromatic ring is 1. The Hall–Kier alpha value is -2.17. The third kappa shape index (κ3) is 2.44. The molecule has 5 heteroatoms. The van der Waals surface area contributed by atoms with Gasteiger partial charge >= 0.3 is 0 Å². The Labute approximate surface area is 93.3 Å². The first-order valence-electron chi connectivity index (χ1n) is 4.86. The molecule has 2 heterocycles. The number of aromatic nitrogens is 3. The van der Waals surface area contributed by atoms with Crippen molar-refractivity contribution in [2.24, 2.45) is 0 Å². The molecule has 0 aliphatic rings. The molecule has 2 aromatic rings. The van der Waals surface area contributed by atoms with Gasteiger partial charge < -0.3 is 10.5 Å². The maximum absolute atomic E-state index is 5.70. The van der Waals surface area contributed by atoms with E-state index in [4.69, 9.17) is 10.5 Å². The van der Waals surface area contributed by atoms with E-state index >= 15 is 0 Å². The molecule has 2 N–H and O–H groups in total. The van der Waals surface area contributed by atoms with Crippen molar-refractivity contribution < 1.29 is 4.74 Å². The van der Waals surface area contributed by atoms with Crippen LogP contribution < -0.4 is 10.5 Å². The number of hydrogen-bond donors (Lipinski definition) is 1. The van der Waals surface area contributed by atoms with Crippen LogP contribution in [0.15, 0.2) is 30.7 Å². The Morgan fingerprint density at radius 1 is 1.31 bits per heavy atom. The second kappa shape index (κ2) is 4.57. The number of hydrogen-bond acceptors (Lipinski definition) is 5. The van der Waals surface area contributed by atoms with Gasteiger partial charge in [-0.05, 0) is 24.6 Å². The summed E-state index contributed by atoms with van der Waals surface area (Å²) in [6.45, 7) is 2.21. The number of nitrogens with zero attached hydrogens (tertiary/aromatic N) is 3. The lowest BCUT2D eigenvalue weighted by Crippen LogP contribution is -2.02. The fourth-order valence-electron chi connectivity index (χ4n) is 1.23. The Kier molecular flexibility index (Phi) is 2.95. The highest BCUT2D eigenvalue weighted by Gasteiger charge is 2.03. The second-order valence-corrected chi connectivity index (χ2v) is 3.31. The summed E-state index contributed by atoms with van der Waals surface area (Å²) in [5.74, 6) is 1.50. The third-order valence-electron chi connectivity index (χ3n) is 2.05. The van der Waals surface area contributed by atoms with Gasteiger partial charge in [0.15, 0.2) is 11.6 Å². The van der Waals surface area contributed by atoms with Crippen molar-refractivity contribution in [1.82, 2.24) is 15.0 Å². The van der Waals surface area contributed by atoms with E-state index in [2.05, 4.69) is 15.0 Å². The highest BCUT2D eigenvalue weighted by molar-refractivity contribution is 5.43. The molecule has 0 radical (unpaired) electrons. The average Bonchev–Trinajstić information content (AvgIpc) is 2.29. The van der Waals surface area contributed by atoms with Crippen LogP contribution in [0.2, 0.25) is 0 Å². The molecule has 0 aliphatic carbocycles. The molecule has 82 valence electrons. The van der Waals surface area contributed by atoms with Crippen LogP contribution in [0.25, 0.3) is 0 Å². The summed E-state index contributed by atoms with van der Waals surface area (Å²) < 4.78 is 5.50. The first-order valence-corrected chi connectivity index (χ1v) is 4.86. The lowest BCUT2D eigenvalue weighted by molar-refractivity contribution is 0.305. The Bertz CT molecular complexity index is 473. The maximum Gasteiger partial charge on any atom is 0.180 e. The maximum atomic E-state index is 5.70. The van der Waals surface area contributed by atoms with Crippen molar-refractivity contribution in [2.45, 2.75) is 13.5 Å². The topological polar surface area (TPSA) is 73.9 Å². The van der Waals surface area contributed by atoms with E-state index in [-0.39, 0.29) is 0 Å². The third-order valence-corrected chi connectivity index (χ3v) is 2.05. The van der Waals surface area contributed by atoms with Gasteiger partial charge in [-0.2, -0.15) is 0 Å². The van der Waals surface area contributed by atoms with Gasteiger partial charge in [0.05, 0.1) is 6.20 Å². The Morgan fingerprint density at radius 3 is 2.75 bits per heavy atom. The quantitative estimate of drug-likeness (QED) is 0.838. The van der Waals surface area contributed by atoms with Crippen molar-refractivity contribution in [2.75, 3.05) is 5.73 Å². The van der Waals surface area contributed by atoms with Crippen LogP contribution in [0.1, 0.15) is 11.4 Å². The average molecular weight is 216 g/mol. The Morgan fingerprint density at radius 2 is 2.06 bits per heavy atom. The minimum absolute atomic E-state index is 0.363. The van der Waals surface area contributed by atoms with E-state index in [1.165, 1.54) is 0 Å². The second-order valence-electron chi connectivity index (χ2n) is 3.31. The molecule has 0 unspecified atom stereocenters. The predicted molar refractivity (Wildman–Crippen MR) is 59.8 cm³/mol. The summed E-state index contributed by atoms with van der Waals surface area (Å²) in [5, 5.41) is 0. The van der Waals surface area contributed by atoms with Gasteiger partial charge in [0, 0.05) is 12.4 Å². The fourth-order valence-corrected chi connectivity index (χ4v) is 1.23. The van der Waals surface area contributed by atoms with Crippen molar-refractivity contribution in [3.05, 3.63) is 42.1 Å². The summed E-state index contributed by atoms with van der Waals surface area (Å²) in [5.41, 5.74) is 6.72. The van der Waals surface area contributed by atoms with E-state index < -0.39 is 0 Å². The molecule has 0 spiro atoms. The highest BCUT2D eigenvalue weighted by Crippen LogP contribution is 2.18. The zero-order valence-corrected chi connectivity index (χ0v) is 8.92. The number of rotatable bonds is 3. The molecule has 0 bridgehead atoms. The van der Waals surface area contributed by atoms with Gasteiger partial charge in [-0.3, -0.25) is 4.98 Å². The van der Waals surface area contributed by atoms with Crippen LogP contribution in [-0.2, 0) is 6.61 Å². The molecule has 0 saturated heterocycles. The molecule has 0 aromatic carbocycles. The number of ether oxygens (including phenoxy) is 1. The van der Waals surface area contributed by atoms with Gasteiger partial charge in [0.25, 0.3) is 0 Å². The molecule has 0 saturated carbocycles. The number of aryl methyl sites for hydroxylation is 1. The number of pyridine rings is 1. The first kappa shape index (κ1) is 10.4. The molecular weight excluding hydrogens is 204 g/mol. The summed E-state index contributed by atoms with van der Waals surface area (Å²) in [6.07, 6.45) is 5.01. The van der Waals surface area contributed by atoms with E-state index in [1.54, 1.807) is 25.5 Å². The molecule has 0 fully saturated rings. The van der Waals surface area contributed by atoms with Crippen LogP contribution in [0.5, 0.6) is 5.75 Å². The van der Waals surface area contributed by atoms with E-state index in [0.29, 0.717) is 24.0 Å². The zero-order chi connectivity index (χ0) is 11.4. The molecule has 5 nitrogen and oxygen atoms in total. The van der Waals surface area contributed by atoms with Crippen molar-refractivity contribution in [3.8, 4) is 5.75 Å². The normalized spacial score (nSPS) is 10.1. The van der Waals surface area contributed by atoms with E-state index in [1.807, 2.05) is 12.1 Å². The van der Waals surface area contributed by atoms with Crippen LogP contribution >= 0.6 is 0 Å². The van der Waals surface area contributed by atoms with Gasteiger partial charge in [-0.1, -0.05) is 0 Å². The lowest BCUT2D eigenvalue weighted by Gasteiger charge is -2.07. The molecule has 0 aliphatic heterocycles. The first-order chi connectivity index (χ1) is 7.75. The van der Waals surface area contributed by atoms with Crippen LogP contribution in [-0.4, -0.2) is 15.0 Å². The molecule has 0 amide bonds. The fraction of sp³-hybridized carbons (Fsp3) is 0.182. The molecule has 2 aromatic heterocycles. The van der Waals surface area contributed by atoms with Gasteiger partial charge in [-0.15, -0.1) is 0 Å². The van der Waals surface area contributed by atoms with Crippen LogP contribution in [0.3, 0.4) is 0 Å². The summed E-state index contributed by atoms with van der Waals surface area (Å²) in [4.78, 5) is 12.0. The molecule has 0 atom stereocenters. The minimum atomic E-state index is 0.363. The number of nitrogens with two attached hydrogens (primary N) is 1. The summed E-state index contributed by atoms with van der Waals surface area (Å²) in [7, 11) is 0. The Balaban J connectivity index is 2.05. The van der Waals surface area contributed by atoms with Crippen molar-refractivity contribution in [3.63, 3.8) is 0 Å². The number of anilines is 1. The standard InChI is InChI=1S/C11H12N4O/c1-8-14-6-10(11(12)15-8)16-7-9-2-4-13-5-3-9/h2-6H,7H2,1H3,(H2,12,14,15).